The van der Waals surface area contributed by atoms with Crippen LogP contribution in [-0.2, 0) is 0 Å². The summed E-state index contributed by atoms with van der Waals surface area (Å²) in [6, 6.07) is 25.3. The number of aromatic nitrogens is 2. The molecule has 1 saturated carbocycles. The van der Waals surface area contributed by atoms with Gasteiger partial charge in [0.05, 0.1) is 18.1 Å². The first-order valence-corrected chi connectivity index (χ1v) is 9.01. The number of nitrogens with one attached hydrogen (secondary N) is 1. The van der Waals surface area contributed by atoms with Crippen molar-refractivity contribution in [2.24, 2.45) is 0 Å². The third-order valence-electron chi connectivity index (χ3n) is 5.29. The molecule has 0 bridgehead atoms. The minimum Gasteiger partial charge on any atom is -0.497 e. The van der Waals surface area contributed by atoms with Crippen molar-refractivity contribution in [2.75, 3.05) is 7.11 Å². The summed E-state index contributed by atoms with van der Waals surface area (Å²) in [5, 5.41) is 0. The van der Waals surface area contributed by atoms with Crippen LogP contribution in [0.25, 0.3) is 22.2 Å². The van der Waals surface area contributed by atoms with Crippen molar-refractivity contribution in [1.82, 2.24) is 9.97 Å². The summed E-state index contributed by atoms with van der Waals surface area (Å²) in [7, 11) is 1.70. The summed E-state index contributed by atoms with van der Waals surface area (Å²) in [5.74, 6) is 3.04. The van der Waals surface area contributed by atoms with Crippen molar-refractivity contribution in [3.63, 3.8) is 0 Å². The second-order valence-corrected chi connectivity index (χ2v) is 6.94. The van der Waals surface area contributed by atoms with Crippen LogP contribution in [0.4, 0.5) is 0 Å². The van der Waals surface area contributed by atoms with Gasteiger partial charge in [-0.05, 0) is 53.3 Å². The molecule has 1 aliphatic carbocycles. The van der Waals surface area contributed by atoms with Gasteiger partial charge in [-0.2, -0.15) is 0 Å². The van der Waals surface area contributed by atoms with Crippen molar-refractivity contribution in [1.29, 1.82) is 0 Å². The number of aromatic amines is 1. The van der Waals surface area contributed by atoms with Gasteiger partial charge in [0, 0.05) is 5.92 Å². The van der Waals surface area contributed by atoms with E-state index in [9.17, 15) is 0 Å². The highest BCUT2D eigenvalue weighted by atomic mass is 16.5. The highest BCUT2D eigenvalue weighted by Crippen LogP contribution is 2.54. The highest BCUT2D eigenvalue weighted by Gasteiger charge is 2.41. The molecule has 3 heteroatoms. The average Bonchev–Trinajstić information content (AvgIpc) is 3.40. The fraction of sp³-hybridized carbons (Fsp3) is 0.174. The van der Waals surface area contributed by atoms with Crippen LogP contribution in [0.3, 0.4) is 0 Å². The lowest BCUT2D eigenvalue weighted by molar-refractivity contribution is 0.414. The van der Waals surface area contributed by atoms with E-state index in [0.29, 0.717) is 11.8 Å². The van der Waals surface area contributed by atoms with Crippen molar-refractivity contribution in [2.45, 2.75) is 18.3 Å². The van der Waals surface area contributed by atoms with E-state index in [1.54, 1.807) is 7.11 Å². The number of hydrogen-bond acceptors (Lipinski definition) is 2. The van der Waals surface area contributed by atoms with Crippen LogP contribution in [0.2, 0.25) is 0 Å². The minimum atomic E-state index is 0.482. The van der Waals surface area contributed by atoms with Crippen molar-refractivity contribution in [3.05, 3.63) is 84.2 Å². The van der Waals surface area contributed by atoms with Crippen molar-refractivity contribution in [3.8, 4) is 16.9 Å². The van der Waals surface area contributed by atoms with Crippen LogP contribution >= 0.6 is 0 Å². The van der Waals surface area contributed by atoms with Gasteiger partial charge in [0.2, 0.25) is 0 Å². The number of methoxy groups -OCH3 is 1. The third kappa shape index (κ3) is 2.66. The first kappa shape index (κ1) is 15.2. The van der Waals surface area contributed by atoms with Crippen molar-refractivity contribution >= 4 is 11.0 Å². The summed E-state index contributed by atoms with van der Waals surface area (Å²) < 4.78 is 5.25. The fourth-order valence-corrected chi connectivity index (χ4v) is 3.73. The molecule has 2 unspecified atom stereocenters. The molecule has 2 atom stereocenters. The third-order valence-corrected chi connectivity index (χ3v) is 5.29. The maximum Gasteiger partial charge on any atom is 0.118 e. The van der Waals surface area contributed by atoms with Crippen LogP contribution in [0, 0.1) is 0 Å². The number of nitrogens with zero attached hydrogens (tertiary/aromatic N) is 1. The zero-order valence-corrected chi connectivity index (χ0v) is 14.6. The molecule has 1 heterocycles. The normalized spacial score (nSPS) is 18.8. The number of benzene rings is 3. The van der Waals surface area contributed by atoms with E-state index in [1.807, 2.05) is 18.2 Å². The molecule has 3 nitrogen and oxygen atoms in total. The lowest BCUT2D eigenvalue weighted by Gasteiger charge is -2.02. The van der Waals surface area contributed by atoms with Gasteiger partial charge in [-0.1, -0.05) is 48.5 Å². The Morgan fingerprint density at radius 3 is 2.46 bits per heavy atom. The summed E-state index contributed by atoms with van der Waals surface area (Å²) >= 11 is 0. The van der Waals surface area contributed by atoms with Gasteiger partial charge in [-0.15, -0.1) is 0 Å². The van der Waals surface area contributed by atoms with Gasteiger partial charge in [0.15, 0.2) is 0 Å². The Bertz CT molecular complexity index is 1050. The van der Waals surface area contributed by atoms with E-state index in [4.69, 9.17) is 9.72 Å². The Labute approximate surface area is 152 Å². The molecule has 0 aliphatic heterocycles. The van der Waals surface area contributed by atoms with Gasteiger partial charge in [0.1, 0.15) is 11.6 Å². The maximum atomic E-state index is 5.25. The van der Waals surface area contributed by atoms with E-state index in [1.165, 1.54) is 16.7 Å². The van der Waals surface area contributed by atoms with E-state index in [0.717, 1.165) is 29.0 Å². The number of H-pyrrole nitrogens is 1. The van der Waals surface area contributed by atoms with Gasteiger partial charge in [0.25, 0.3) is 0 Å². The van der Waals surface area contributed by atoms with Crippen LogP contribution in [0.5, 0.6) is 5.75 Å². The Hall–Kier alpha value is -3.07. The molecule has 1 N–H and O–H groups in total. The predicted octanol–water partition coefficient (Wildman–Crippen LogP) is 5.51. The van der Waals surface area contributed by atoms with Gasteiger partial charge >= 0.3 is 0 Å². The molecule has 0 spiro atoms. The van der Waals surface area contributed by atoms with E-state index in [2.05, 4.69) is 59.6 Å². The molecule has 0 amide bonds. The maximum absolute atomic E-state index is 5.25. The molecule has 26 heavy (non-hydrogen) atoms. The van der Waals surface area contributed by atoms with Gasteiger partial charge in [-0.3, -0.25) is 0 Å². The fourth-order valence-electron chi connectivity index (χ4n) is 3.73. The zero-order valence-electron chi connectivity index (χ0n) is 14.6. The minimum absolute atomic E-state index is 0.482. The van der Waals surface area contributed by atoms with Crippen LogP contribution in [0.15, 0.2) is 72.8 Å². The summed E-state index contributed by atoms with van der Waals surface area (Å²) in [6.45, 7) is 0. The number of ether oxygens (including phenoxy) is 1. The Morgan fingerprint density at radius 2 is 1.69 bits per heavy atom. The molecule has 1 aliphatic rings. The van der Waals surface area contributed by atoms with Gasteiger partial charge in [-0.25, -0.2) is 4.98 Å². The predicted molar refractivity (Wildman–Crippen MR) is 105 cm³/mol. The topological polar surface area (TPSA) is 37.9 Å². The summed E-state index contributed by atoms with van der Waals surface area (Å²) in [4.78, 5) is 8.39. The molecule has 4 aromatic rings. The second-order valence-electron chi connectivity index (χ2n) is 6.94. The molecular formula is C23H20N2O. The first-order valence-electron chi connectivity index (χ1n) is 9.01. The molecule has 0 saturated heterocycles. The molecule has 1 aromatic heterocycles. The first-order chi connectivity index (χ1) is 12.8. The summed E-state index contributed by atoms with van der Waals surface area (Å²) in [6.07, 6.45) is 1.15. The van der Waals surface area contributed by atoms with Crippen LogP contribution in [0.1, 0.15) is 29.6 Å². The van der Waals surface area contributed by atoms with Crippen LogP contribution < -0.4 is 4.74 Å². The Balaban J connectivity index is 1.42. The highest BCUT2D eigenvalue weighted by molar-refractivity contribution is 5.82. The van der Waals surface area contributed by atoms with Crippen LogP contribution in [-0.4, -0.2) is 17.1 Å². The average molecular weight is 340 g/mol. The summed E-state index contributed by atoms with van der Waals surface area (Å²) in [5.41, 5.74) is 5.96. The number of fused-ring (bicyclic) bond motifs is 1. The molecular weight excluding hydrogens is 320 g/mol. The Kier molecular flexibility index (Phi) is 3.52. The molecule has 1 fully saturated rings. The SMILES string of the molecule is COc1ccc(C2CC2c2nc3ccc(-c4ccccc4)cc3[nH]2)cc1. The molecule has 0 radical (unpaired) electrons. The number of rotatable bonds is 4. The molecule has 5 rings (SSSR count). The number of imidazole rings is 1. The smallest absolute Gasteiger partial charge is 0.118 e. The van der Waals surface area contributed by atoms with E-state index in [-0.39, 0.29) is 0 Å². The quantitative estimate of drug-likeness (QED) is 0.532. The Morgan fingerprint density at radius 1 is 0.885 bits per heavy atom. The molecule has 128 valence electrons. The molecule has 3 aromatic carbocycles. The van der Waals surface area contributed by atoms with Crippen molar-refractivity contribution < 1.29 is 4.74 Å². The lowest BCUT2D eigenvalue weighted by atomic mass is 10.1. The van der Waals surface area contributed by atoms with E-state index >= 15 is 0 Å². The van der Waals surface area contributed by atoms with E-state index < -0.39 is 0 Å². The standard InChI is InChI=1S/C23H20N2O/c1-26-18-10-7-16(8-11-18)19-14-20(19)23-24-21-12-9-17(13-22(21)25-23)15-5-3-2-4-6-15/h2-13,19-20H,14H2,1H3,(H,24,25). The zero-order chi connectivity index (χ0) is 17.5. The largest absolute Gasteiger partial charge is 0.497 e. The monoisotopic (exact) mass is 340 g/mol. The lowest BCUT2D eigenvalue weighted by Crippen LogP contribution is -1.88. The number of hydrogen-bond donors (Lipinski definition) is 1. The second kappa shape index (κ2) is 6.03. The van der Waals surface area contributed by atoms with Gasteiger partial charge < -0.3 is 9.72 Å².